The van der Waals surface area contributed by atoms with E-state index in [9.17, 15) is 4.79 Å². The number of rotatable bonds is 3. The van der Waals surface area contributed by atoms with Crippen LogP contribution in [-0.2, 0) is 0 Å². The number of carbonyl (C=O) groups is 1. The van der Waals surface area contributed by atoms with Gasteiger partial charge in [-0.25, -0.2) is 0 Å². The van der Waals surface area contributed by atoms with Gasteiger partial charge in [0, 0.05) is 36.1 Å². The molecule has 0 N–H and O–H groups in total. The molecule has 2 aromatic rings. The van der Waals surface area contributed by atoms with Gasteiger partial charge in [-0.1, -0.05) is 11.2 Å². The minimum atomic E-state index is -0.0208. The summed E-state index contributed by atoms with van der Waals surface area (Å²) in [6, 6.07) is 7.97. The Hall–Kier alpha value is -2.15. The molecule has 3 aliphatic rings. The molecule has 1 aromatic heterocycles. The first-order valence-corrected chi connectivity index (χ1v) is 10.1. The lowest BCUT2D eigenvalue weighted by molar-refractivity contribution is 0.0756. The van der Waals surface area contributed by atoms with Crippen LogP contribution in [0.25, 0.3) is 0 Å². The molecule has 2 aliphatic heterocycles. The lowest BCUT2D eigenvalue weighted by Gasteiger charge is -2.19. The van der Waals surface area contributed by atoms with Gasteiger partial charge in [0.1, 0.15) is 5.76 Å². The lowest BCUT2D eigenvalue weighted by Crippen LogP contribution is -2.33. The summed E-state index contributed by atoms with van der Waals surface area (Å²) < 4.78 is 16.2. The Morgan fingerprint density at radius 2 is 2.00 bits per heavy atom. The normalized spacial score (nSPS) is 22.3. The summed E-state index contributed by atoms with van der Waals surface area (Å²) in [5, 5.41) is 4.34. The monoisotopic (exact) mass is 372 g/mol. The summed E-state index contributed by atoms with van der Waals surface area (Å²) in [6.07, 6.45) is 3.18. The minimum Gasteiger partial charge on any atom is -0.454 e. The molecule has 3 heterocycles. The Balaban J connectivity index is 1.26. The van der Waals surface area contributed by atoms with Crippen molar-refractivity contribution in [2.75, 3.05) is 25.6 Å². The second-order valence-electron chi connectivity index (χ2n) is 6.94. The number of nitrogens with zero attached hydrogens (tertiary/aromatic N) is 2. The predicted molar refractivity (Wildman–Crippen MR) is 96.8 cm³/mol. The topological polar surface area (TPSA) is 64.8 Å². The standard InChI is InChI=1S/C19H20N2O4S/c22-19(14-10-16(25-20-14)12-1-2-12)21-6-5-18(26-8-7-21)13-3-4-15-17(9-13)24-11-23-15/h3-4,9-10,12,18H,1-2,5-8,11H2. The molecule has 1 aliphatic carbocycles. The first-order valence-electron chi connectivity index (χ1n) is 9.05. The molecule has 136 valence electrons. The second-order valence-corrected chi connectivity index (χ2v) is 8.25. The molecule has 1 amide bonds. The summed E-state index contributed by atoms with van der Waals surface area (Å²) in [4.78, 5) is 14.7. The largest absolute Gasteiger partial charge is 0.454 e. The van der Waals surface area contributed by atoms with Gasteiger partial charge >= 0.3 is 0 Å². The van der Waals surface area contributed by atoms with Gasteiger partial charge in [-0.3, -0.25) is 4.79 Å². The van der Waals surface area contributed by atoms with Crippen LogP contribution in [0.15, 0.2) is 28.8 Å². The number of hydrogen-bond donors (Lipinski definition) is 0. The van der Waals surface area contributed by atoms with Gasteiger partial charge in [0.05, 0.1) is 0 Å². The quantitative estimate of drug-likeness (QED) is 0.820. The number of thioether (sulfide) groups is 1. The molecule has 7 heteroatoms. The molecule has 1 saturated carbocycles. The minimum absolute atomic E-state index is 0.0208. The Morgan fingerprint density at radius 1 is 1.12 bits per heavy atom. The molecule has 1 unspecified atom stereocenters. The van der Waals surface area contributed by atoms with Gasteiger partial charge in [-0.2, -0.15) is 11.8 Å². The number of benzene rings is 1. The van der Waals surface area contributed by atoms with Crippen LogP contribution < -0.4 is 9.47 Å². The molecule has 2 fully saturated rings. The van der Waals surface area contributed by atoms with Crippen LogP contribution in [0.1, 0.15) is 52.2 Å². The molecule has 1 saturated heterocycles. The van der Waals surface area contributed by atoms with Crippen molar-refractivity contribution in [1.29, 1.82) is 0 Å². The van der Waals surface area contributed by atoms with E-state index in [1.54, 1.807) is 0 Å². The SMILES string of the molecule is O=C(c1cc(C2CC2)on1)N1CCSC(c2ccc3c(c2)OCO3)CC1. The number of aromatic nitrogens is 1. The zero-order chi connectivity index (χ0) is 17.5. The highest BCUT2D eigenvalue weighted by atomic mass is 32.2. The van der Waals surface area contributed by atoms with E-state index in [0.717, 1.165) is 55.4 Å². The number of fused-ring (bicyclic) bond motifs is 1. The van der Waals surface area contributed by atoms with Gasteiger partial charge in [-0.05, 0) is 37.0 Å². The van der Waals surface area contributed by atoms with Gasteiger partial charge in [0.2, 0.25) is 6.79 Å². The maximum Gasteiger partial charge on any atom is 0.276 e. The highest BCUT2D eigenvalue weighted by Gasteiger charge is 2.31. The highest BCUT2D eigenvalue weighted by molar-refractivity contribution is 7.99. The highest BCUT2D eigenvalue weighted by Crippen LogP contribution is 2.41. The van der Waals surface area contributed by atoms with E-state index in [-0.39, 0.29) is 5.91 Å². The number of ether oxygens (including phenoxy) is 2. The maximum atomic E-state index is 12.8. The van der Waals surface area contributed by atoms with Crippen molar-refractivity contribution in [3.63, 3.8) is 0 Å². The molecule has 26 heavy (non-hydrogen) atoms. The van der Waals surface area contributed by atoms with Gasteiger partial charge in [0.15, 0.2) is 17.2 Å². The van der Waals surface area contributed by atoms with Crippen LogP contribution >= 0.6 is 11.8 Å². The zero-order valence-electron chi connectivity index (χ0n) is 14.3. The third kappa shape index (κ3) is 3.05. The van der Waals surface area contributed by atoms with Crippen LogP contribution in [0.3, 0.4) is 0 Å². The molecule has 0 bridgehead atoms. The smallest absolute Gasteiger partial charge is 0.276 e. The summed E-state index contributed by atoms with van der Waals surface area (Å²) in [6.45, 7) is 1.74. The fourth-order valence-corrected chi connectivity index (χ4v) is 4.69. The Kier molecular flexibility index (Phi) is 4.04. The number of amides is 1. The van der Waals surface area contributed by atoms with E-state index in [0.29, 0.717) is 23.7 Å². The lowest BCUT2D eigenvalue weighted by atomic mass is 10.1. The first kappa shape index (κ1) is 16.1. The van der Waals surface area contributed by atoms with Crippen LogP contribution in [0.2, 0.25) is 0 Å². The zero-order valence-corrected chi connectivity index (χ0v) is 15.2. The number of carbonyl (C=O) groups excluding carboxylic acids is 1. The number of hydrogen-bond acceptors (Lipinski definition) is 6. The van der Waals surface area contributed by atoms with Crippen molar-refractivity contribution in [1.82, 2.24) is 10.1 Å². The molecule has 1 aromatic carbocycles. The molecular weight excluding hydrogens is 352 g/mol. The van der Waals surface area contributed by atoms with Crippen molar-refractivity contribution in [3.05, 3.63) is 41.3 Å². The van der Waals surface area contributed by atoms with Crippen molar-refractivity contribution >= 4 is 17.7 Å². The van der Waals surface area contributed by atoms with Gasteiger partial charge in [-0.15, -0.1) is 0 Å². The molecular formula is C19H20N2O4S. The van der Waals surface area contributed by atoms with Crippen molar-refractivity contribution in [2.45, 2.75) is 30.4 Å². The average molecular weight is 372 g/mol. The van der Waals surface area contributed by atoms with Gasteiger partial charge < -0.3 is 18.9 Å². The third-order valence-electron chi connectivity index (χ3n) is 5.12. The van der Waals surface area contributed by atoms with Crippen molar-refractivity contribution in [2.24, 2.45) is 0 Å². The van der Waals surface area contributed by atoms with Crippen molar-refractivity contribution < 1.29 is 18.8 Å². The average Bonchev–Trinajstić information content (AvgIpc) is 3.29. The van der Waals surface area contributed by atoms with E-state index in [2.05, 4.69) is 17.3 Å². The fraction of sp³-hybridized carbons (Fsp3) is 0.474. The van der Waals surface area contributed by atoms with Crippen LogP contribution in [0.5, 0.6) is 11.5 Å². The van der Waals surface area contributed by atoms with Crippen LogP contribution in [0.4, 0.5) is 0 Å². The van der Waals surface area contributed by atoms with E-state index in [1.165, 1.54) is 5.56 Å². The van der Waals surface area contributed by atoms with E-state index in [4.69, 9.17) is 14.0 Å². The van der Waals surface area contributed by atoms with Gasteiger partial charge in [0.25, 0.3) is 5.91 Å². The Bertz CT molecular complexity index is 833. The molecule has 5 rings (SSSR count). The van der Waals surface area contributed by atoms with E-state index in [1.807, 2.05) is 28.8 Å². The summed E-state index contributed by atoms with van der Waals surface area (Å²) in [7, 11) is 0. The second kappa shape index (κ2) is 6.54. The van der Waals surface area contributed by atoms with Crippen LogP contribution in [0, 0.1) is 0 Å². The maximum absolute atomic E-state index is 12.8. The van der Waals surface area contributed by atoms with Crippen LogP contribution in [-0.4, -0.2) is 41.6 Å². The predicted octanol–water partition coefficient (Wildman–Crippen LogP) is 3.60. The summed E-state index contributed by atoms with van der Waals surface area (Å²) in [5.41, 5.74) is 1.67. The third-order valence-corrected chi connectivity index (χ3v) is 6.45. The summed E-state index contributed by atoms with van der Waals surface area (Å²) >= 11 is 1.88. The Labute approximate surface area is 155 Å². The molecule has 6 nitrogen and oxygen atoms in total. The first-order chi connectivity index (χ1) is 12.8. The summed E-state index contributed by atoms with van der Waals surface area (Å²) in [5.74, 6) is 3.83. The van der Waals surface area contributed by atoms with Crippen molar-refractivity contribution in [3.8, 4) is 11.5 Å². The molecule has 1 atom stereocenters. The molecule has 0 spiro atoms. The Morgan fingerprint density at radius 3 is 2.88 bits per heavy atom. The van der Waals surface area contributed by atoms with E-state index < -0.39 is 0 Å². The molecule has 0 radical (unpaired) electrons. The van der Waals surface area contributed by atoms with E-state index >= 15 is 0 Å². The fourth-order valence-electron chi connectivity index (χ4n) is 3.47.